The molecule has 2 N–H and O–H groups in total. The van der Waals surface area contributed by atoms with Crippen LogP contribution in [0.3, 0.4) is 0 Å². The molecule has 0 saturated heterocycles. The van der Waals surface area contributed by atoms with Gasteiger partial charge in [-0.2, -0.15) is 5.26 Å². The molecule has 0 radical (unpaired) electrons. The van der Waals surface area contributed by atoms with Gasteiger partial charge in [0.05, 0.1) is 17.0 Å². The number of fused-ring (bicyclic) bond motifs is 1. The topological polar surface area (TPSA) is 121 Å². The van der Waals surface area contributed by atoms with Gasteiger partial charge in [0.1, 0.15) is 6.04 Å². The van der Waals surface area contributed by atoms with Crippen molar-refractivity contribution in [3.05, 3.63) is 38.2 Å². The maximum absolute atomic E-state index is 12.8. The molecule has 0 unspecified atom stereocenters. The lowest BCUT2D eigenvalue weighted by atomic mass is 10.1. The third kappa shape index (κ3) is 3.77. The highest BCUT2D eigenvalue weighted by molar-refractivity contribution is 6.05. The number of nitriles is 1. The van der Waals surface area contributed by atoms with Crippen LogP contribution in [0.1, 0.15) is 62.0 Å². The second-order valence-electron chi connectivity index (χ2n) is 7.39. The highest BCUT2D eigenvalue weighted by Gasteiger charge is 2.29. The lowest BCUT2D eigenvalue weighted by molar-refractivity contribution is 0.0946. The van der Waals surface area contributed by atoms with E-state index < -0.39 is 23.2 Å². The van der Waals surface area contributed by atoms with E-state index in [9.17, 15) is 14.4 Å². The van der Waals surface area contributed by atoms with Crippen molar-refractivity contribution < 1.29 is 4.79 Å². The molecule has 0 aromatic carbocycles. The van der Waals surface area contributed by atoms with Gasteiger partial charge in [-0.3, -0.25) is 19.1 Å². The van der Waals surface area contributed by atoms with E-state index in [1.54, 1.807) is 13.0 Å². The number of hydrogen-bond donors (Lipinski definition) is 2. The number of nitrogens with one attached hydrogen (secondary N) is 2. The minimum Gasteiger partial charge on any atom is -0.336 e. The Morgan fingerprint density at radius 1 is 1.44 bits per heavy atom. The molecule has 2 aromatic heterocycles. The summed E-state index contributed by atoms with van der Waals surface area (Å²) in [6.45, 7) is 6.09. The molecule has 0 spiro atoms. The maximum atomic E-state index is 12.8. The fourth-order valence-electron chi connectivity index (χ4n) is 3.06. The molecule has 1 aliphatic carbocycles. The van der Waals surface area contributed by atoms with Gasteiger partial charge in [0.15, 0.2) is 5.65 Å². The van der Waals surface area contributed by atoms with Gasteiger partial charge in [-0.05, 0) is 31.2 Å². The lowest BCUT2D eigenvalue weighted by Gasteiger charge is -2.15. The number of rotatable bonds is 6. The van der Waals surface area contributed by atoms with E-state index in [0.29, 0.717) is 18.7 Å². The zero-order valence-electron chi connectivity index (χ0n) is 15.7. The van der Waals surface area contributed by atoms with Crippen molar-refractivity contribution in [3.8, 4) is 6.07 Å². The Balaban J connectivity index is 2.26. The van der Waals surface area contributed by atoms with E-state index in [4.69, 9.17) is 5.26 Å². The first kappa shape index (κ1) is 18.8. The number of pyridine rings is 1. The fourth-order valence-corrected chi connectivity index (χ4v) is 3.06. The highest BCUT2D eigenvalue weighted by Crippen LogP contribution is 2.39. The van der Waals surface area contributed by atoms with Gasteiger partial charge in [-0.25, -0.2) is 9.78 Å². The first-order valence-electron chi connectivity index (χ1n) is 9.23. The minimum absolute atomic E-state index is 0.0879. The van der Waals surface area contributed by atoms with E-state index in [1.807, 2.05) is 19.9 Å². The van der Waals surface area contributed by atoms with E-state index in [1.165, 1.54) is 4.57 Å². The van der Waals surface area contributed by atoms with Crippen LogP contribution >= 0.6 is 0 Å². The average molecular weight is 369 g/mol. The summed E-state index contributed by atoms with van der Waals surface area (Å²) >= 11 is 0. The van der Waals surface area contributed by atoms with Gasteiger partial charge in [0.2, 0.25) is 0 Å². The molecule has 1 atom stereocenters. The molecule has 8 nitrogen and oxygen atoms in total. The van der Waals surface area contributed by atoms with Crippen molar-refractivity contribution in [2.24, 2.45) is 5.92 Å². The van der Waals surface area contributed by atoms with Crippen LogP contribution in [0, 0.1) is 17.2 Å². The summed E-state index contributed by atoms with van der Waals surface area (Å²) in [6, 6.07) is 3.00. The Morgan fingerprint density at radius 3 is 2.70 bits per heavy atom. The van der Waals surface area contributed by atoms with Crippen LogP contribution < -0.4 is 16.6 Å². The molecule has 1 fully saturated rings. The predicted molar refractivity (Wildman–Crippen MR) is 101 cm³/mol. The summed E-state index contributed by atoms with van der Waals surface area (Å²) in [5, 5.41) is 11.9. The predicted octanol–water partition coefficient (Wildman–Crippen LogP) is 1.65. The van der Waals surface area contributed by atoms with Crippen molar-refractivity contribution in [2.45, 2.75) is 58.5 Å². The molecule has 0 aliphatic heterocycles. The van der Waals surface area contributed by atoms with E-state index in [0.717, 1.165) is 12.8 Å². The minimum atomic E-state index is -0.647. The Kier molecular flexibility index (Phi) is 5.13. The van der Waals surface area contributed by atoms with Crippen LogP contribution in [-0.4, -0.2) is 26.5 Å². The molecule has 3 rings (SSSR count). The molecule has 2 aromatic rings. The van der Waals surface area contributed by atoms with Gasteiger partial charge in [-0.15, -0.1) is 0 Å². The van der Waals surface area contributed by atoms with Crippen LogP contribution in [0.4, 0.5) is 0 Å². The smallest absolute Gasteiger partial charge is 0.330 e. The van der Waals surface area contributed by atoms with Crippen molar-refractivity contribution in [1.29, 1.82) is 5.26 Å². The molecular weight excluding hydrogens is 346 g/mol. The fraction of sp³-hybridized carbons (Fsp3) is 0.526. The number of H-pyrrole nitrogens is 1. The number of carbonyl (C=O) groups excluding carboxylic acids is 1. The zero-order chi connectivity index (χ0) is 19.7. The molecule has 1 saturated carbocycles. The Morgan fingerprint density at radius 2 is 2.15 bits per heavy atom. The number of aromatic amines is 1. The average Bonchev–Trinajstić information content (AvgIpc) is 3.46. The molecule has 0 bridgehead atoms. The van der Waals surface area contributed by atoms with Gasteiger partial charge in [0.25, 0.3) is 11.5 Å². The largest absolute Gasteiger partial charge is 0.336 e. The van der Waals surface area contributed by atoms with Crippen LogP contribution in [0.25, 0.3) is 11.0 Å². The van der Waals surface area contributed by atoms with Crippen molar-refractivity contribution in [2.75, 3.05) is 0 Å². The molecule has 1 amide bonds. The standard InChI is InChI=1S/C19H23N5O3/c1-4-12(8-20)21-17(25)13-7-14(11-5-6-11)22-16-15(13)18(26)23-19(27)24(16)9-10(2)3/h7,10-12H,4-6,9H2,1-3H3,(H,21,25)(H,23,26,27)/t12-/m0/s1. The van der Waals surface area contributed by atoms with E-state index >= 15 is 0 Å². The molecule has 1 aliphatic rings. The number of nitrogens with zero attached hydrogens (tertiary/aromatic N) is 3. The number of carbonyl (C=O) groups is 1. The summed E-state index contributed by atoms with van der Waals surface area (Å²) in [5.41, 5.74) is -0.0667. The third-order valence-corrected chi connectivity index (χ3v) is 4.63. The van der Waals surface area contributed by atoms with E-state index in [2.05, 4.69) is 15.3 Å². The maximum Gasteiger partial charge on any atom is 0.330 e. The van der Waals surface area contributed by atoms with Gasteiger partial charge in [0, 0.05) is 18.2 Å². The summed E-state index contributed by atoms with van der Waals surface area (Å²) in [7, 11) is 0. The van der Waals surface area contributed by atoms with Crippen LogP contribution in [0.15, 0.2) is 15.7 Å². The second kappa shape index (κ2) is 7.35. The van der Waals surface area contributed by atoms with Gasteiger partial charge < -0.3 is 5.32 Å². The van der Waals surface area contributed by atoms with Crippen LogP contribution in [-0.2, 0) is 6.54 Å². The summed E-state index contributed by atoms with van der Waals surface area (Å²) in [4.78, 5) is 44.6. The zero-order valence-corrected chi connectivity index (χ0v) is 15.7. The number of aromatic nitrogens is 3. The third-order valence-electron chi connectivity index (χ3n) is 4.63. The molecule has 8 heteroatoms. The monoisotopic (exact) mass is 369 g/mol. The summed E-state index contributed by atoms with van der Waals surface area (Å²) in [6.07, 6.45) is 2.38. The first-order chi connectivity index (χ1) is 12.8. The Labute approximate surface area is 156 Å². The van der Waals surface area contributed by atoms with Crippen molar-refractivity contribution in [3.63, 3.8) is 0 Å². The quantitative estimate of drug-likeness (QED) is 0.802. The second-order valence-corrected chi connectivity index (χ2v) is 7.39. The summed E-state index contributed by atoms with van der Waals surface area (Å²) in [5.74, 6) is -0.109. The normalized spacial score (nSPS) is 14.9. The van der Waals surface area contributed by atoms with Gasteiger partial charge in [-0.1, -0.05) is 20.8 Å². The Hall–Kier alpha value is -2.95. The molecule has 142 valence electrons. The van der Waals surface area contributed by atoms with Crippen molar-refractivity contribution in [1.82, 2.24) is 19.9 Å². The summed E-state index contributed by atoms with van der Waals surface area (Å²) < 4.78 is 1.42. The number of hydrogen-bond acceptors (Lipinski definition) is 5. The van der Waals surface area contributed by atoms with Crippen LogP contribution in [0.5, 0.6) is 0 Å². The molecule has 27 heavy (non-hydrogen) atoms. The number of amides is 1. The van der Waals surface area contributed by atoms with Crippen molar-refractivity contribution >= 4 is 16.9 Å². The SMILES string of the molecule is CC[C@@H](C#N)NC(=O)c1cc(C2CC2)nc2c1c(=O)[nH]c(=O)n2CC(C)C. The van der Waals surface area contributed by atoms with Gasteiger partial charge >= 0.3 is 5.69 Å². The Bertz CT molecular complexity index is 1040. The molecular formula is C19H23N5O3. The van der Waals surface area contributed by atoms with E-state index in [-0.39, 0.29) is 28.4 Å². The van der Waals surface area contributed by atoms with Crippen LogP contribution in [0.2, 0.25) is 0 Å². The molecule has 2 heterocycles. The highest BCUT2D eigenvalue weighted by atomic mass is 16.2. The first-order valence-corrected chi connectivity index (χ1v) is 9.23. The lowest BCUT2D eigenvalue weighted by Crippen LogP contribution is -2.36.